The van der Waals surface area contributed by atoms with Crippen molar-refractivity contribution in [1.82, 2.24) is 5.32 Å². The fourth-order valence-electron chi connectivity index (χ4n) is 0.249. The Morgan fingerprint density at radius 2 is 1.13 bits per heavy atom. The summed E-state index contributed by atoms with van der Waals surface area (Å²) in [6.45, 7) is 11.4. The molecule has 0 aromatic carbocycles. The normalized spacial score (nSPS) is 6.00. The number of ketones is 1. The minimum atomic E-state index is 0. The van der Waals surface area contributed by atoms with Crippen LogP contribution in [0.25, 0.3) is 0 Å². The van der Waals surface area contributed by atoms with E-state index in [1.165, 1.54) is 27.2 Å². The van der Waals surface area contributed by atoms with Crippen molar-refractivity contribution < 1.29 is 9.59 Å². The fraction of sp³-hybridized carbons (Fsp3) is 0.833. The highest BCUT2D eigenvalue weighted by Gasteiger charge is 1.78. The highest BCUT2D eigenvalue weighted by Crippen LogP contribution is 1.56. The standard InChI is InChI=1S/C4H9NO.C3H6O.C3H8.2CH4/c1-3-5-4(2)6;1-3(2)4;1-3-2;;/h3H2,1-2H3,(H,5,6);1-2H3;3H2,1-2H3;2*1H4. The summed E-state index contributed by atoms with van der Waals surface area (Å²) in [7, 11) is 0. The number of Topliss-reactive ketones (excluding diaryl/α,β-unsaturated/α-hetero) is 1. The smallest absolute Gasteiger partial charge is 0.216 e. The van der Waals surface area contributed by atoms with E-state index in [9.17, 15) is 9.59 Å². The first-order valence-electron chi connectivity index (χ1n) is 4.63. The van der Waals surface area contributed by atoms with Crippen molar-refractivity contribution in [3.63, 3.8) is 0 Å². The van der Waals surface area contributed by atoms with Gasteiger partial charge in [0.1, 0.15) is 5.78 Å². The number of nitrogens with one attached hydrogen (secondary N) is 1. The summed E-state index contributed by atoms with van der Waals surface area (Å²) < 4.78 is 0. The predicted molar refractivity (Wildman–Crippen MR) is 70.1 cm³/mol. The molecule has 0 saturated carbocycles. The number of hydrogen-bond acceptors (Lipinski definition) is 2. The molecule has 0 heterocycles. The summed E-state index contributed by atoms with van der Waals surface area (Å²) in [5, 5.41) is 2.57. The molecule has 0 radical (unpaired) electrons. The van der Waals surface area contributed by atoms with Gasteiger partial charge in [0.25, 0.3) is 0 Å². The van der Waals surface area contributed by atoms with E-state index in [4.69, 9.17) is 0 Å². The van der Waals surface area contributed by atoms with E-state index in [-0.39, 0.29) is 26.5 Å². The second-order valence-corrected chi connectivity index (χ2v) is 2.70. The van der Waals surface area contributed by atoms with E-state index in [0.717, 1.165) is 6.54 Å². The van der Waals surface area contributed by atoms with Crippen LogP contribution < -0.4 is 5.32 Å². The third-order valence-electron chi connectivity index (χ3n) is 0.426. The van der Waals surface area contributed by atoms with Crippen molar-refractivity contribution in [1.29, 1.82) is 0 Å². The molecule has 0 aliphatic carbocycles. The van der Waals surface area contributed by atoms with Gasteiger partial charge in [0, 0.05) is 13.5 Å². The maximum atomic E-state index is 9.93. The first-order chi connectivity index (χ1) is 5.92. The van der Waals surface area contributed by atoms with Crippen molar-refractivity contribution in [2.24, 2.45) is 0 Å². The molecular formula is C12H31NO2. The minimum absolute atomic E-state index is 0. The van der Waals surface area contributed by atoms with E-state index < -0.39 is 0 Å². The van der Waals surface area contributed by atoms with Gasteiger partial charge < -0.3 is 10.1 Å². The van der Waals surface area contributed by atoms with Gasteiger partial charge in [0.05, 0.1) is 0 Å². The molecule has 0 fully saturated rings. The van der Waals surface area contributed by atoms with Gasteiger partial charge >= 0.3 is 0 Å². The lowest BCUT2D eigenvalue weighted by Gasteiger charge is -1.88. The molecular weight excluding hydrogens is 190 g/mol. The van der Waals surface area contributed by atoms with Crippen LogP contribution in [-0.4, -0.2) is 18.2 Å². The van der Waals surface area contributed by atoms with E-state index in [1.54, 1.807) is 0 Å². The summed E-state index contributed by atoms with van der Waals surface area (Å²) in [6.07, 6.45) is 1.25. The molecule has 0 aromatic rings. The summed E-state index contributed by atoms with van der Waals surface area (Å²) in [6, 6.07) is 0. The second kappa shape index (κ2) is 29.2. The Balaban J connectivity index is -0.0000000332. The Bertz CT molecular complexity index is 119. The third-order valence-corrected chi connectivity index (χ3v) is 0.426. The van der Waals surface area contributed by atoms with Gasteiger partial charge in [0.15, 0.2) is 0 Å². The molecule has 0 aliphatic heterocycles. The first-order valence-corrected chi connectivity index (χ1v) is 4.63. The zero-order valence-corrected chi connectivity index (χ0v) is 9.73. The van der Waals surface area contributed by atoms with Gasteiger partial charge in [0.2, 0.25) is 5.91 Å². The SMILES string of the molecule is C.C.CC(C)=O.CCC.CCNC(C)=O. The lowest BCUT2D eigenvalue weighted by molar-refractivity contribution is -0.119. The van der Waals surface area contributed by atoms with Crippen molar-refractivity contribution >= 4 is 11.7 Å². The van der Waals surface area contributed by atoms with Gasteiger partial charge in [-0.1, -0.05) is 35.1 Å². The topological polar surface area (TPSA) is 46.2 Å². The number of rotatable bonds is 1. The van der Waals surface area contributed by atoms with Crippen LogP contribution in [0.4, 0.5) is 0 Å². The molecule has 0 atom stereocenters. The zero-order chi connectivity index (χ0) is 11.3. The average Bonchev–Trinajstić information content (AvgIpc) is 1.86. The van der Waals surface area contributed by atoms with E-state index in [1.807, 2.05) is 6.92 Å². The highest BCUT2D eigenvalue weighted by molar-refractivity contribution is 5.72. The van der Waals surface area contributed by atoms with Crippen LogP contribution in [0.5, 0.6) is 0 Å². The van der Waals surface area contributed by atoms with Crippen LogP contribution >= 0.6 is 0 Å². The van der Waals surface area contributed by atoms with E-state index in [2.05, 4.69) is 19.2 Å². The number of amides is 1. The van der Waals surface area contributed by atoms with Crippen LogP contribution in [0, 0.1) is 0 Å². The van der Waals surface area contributed by atoms with E-state index >= 15 is 0 Å². The quantitative estimate of drug-likeness (QED) is 0.737. The van der Waals surface area contributed by atoms with Crippen molar-refractivity contribution in [2.45, 2.75) is 62.8 Å². The molecule has 0 bridgehead atoms. The van der Waals surface area contributed by atoms with Crippen LogP contribution in [0.3, 0.4) is 0 Å². The van der Waals surface area contributed by atoms with Crippen molar-refractivity contribution in [3.8, 4) is 0 Å². The van der Waals surface area contributed by atoms with Gasteiger partial charge in [-0.15, -0.1) is 0 Å². The fourth-order valence-corrected chi connectivity index (χ4v) is 0.249. The van der Waals surface area contributed by atoms with Gasteiger partial charge in [-0.3, -0.25) is 4.79 Å². The lowest BCUT2D eigenvalue weighted by Crippen LogP contribution is -2.18. The zero-order valence-electron chi connectivity index (χ0n) is 9.73. The van der Waals surface area contributed by atoms with Crippen molar-refractivity contribution in [3.05, 3.63) is 0 Å². The van der Waals surface area contributed by atoms with Gasteiger partial charge in [-0.25, -0.2) is 0 Å². The third kappa shape index (κ3) is 356. The molecule has 1 N–H and O–H groups in total. The molecule has 1 amide bonds. The number of carbonyl (C=O) groups excluding carboxylic acids is 2. The summed E-state index contributed by atoms with van der Waals surface area (Å²) in [5.74, 6) is 0.206. The largest absolute Gasteiger partial charge is 0.357 e. The Morgan fingerprint density at radius 1 is 0.933 bits per heavy atom. The Hall–Kier alpha value is -0.860. The van der Waals surface area contributed by atoms with Crippen molar-refractivity contribution in [2.75, 3.05) is 6.54 Å². The Kier molecular flexibility index (Phi) is 56.9. The molecule has 15 heavy (non-hydrogen) atoms. The lowest BCUT2D eigenvalue weighted by atomic mass is 10.6. The molecule has 0 aromatic heterocycles. The maximum Gasteiger partial charge on any atom is 0.216 e. The number of hydrogen-bond donors (Lipinski definition) is 1. The highest BCUT2D eigenvalue weighted by atomic mass is 16.1. The van der Waals surface area contributed by atoms with Crippen LogP contribution in [-0.2, 0) is 9.59 Å². The van der Waals surface area contributed by atoms with Crippen LogP contribution in [0.15, 0.2) is 0 Å². The molecule has 3 heteroatoms. The second-order valence-electron chi connectivity index (χ2n) is 2.70. The monoisotopic (exact) mass is 221 g/mol. The molecule has 0 saturated heterocycles. The summed E-state index contributed by atoms with van der Waals surface area (Å²) in [4.78, 5) is 19.4. The maximum absolute atomic E-state index is 9.93. The van der Waals surface area contributed by atoms with Gasteiger partial charge in [-0.2, -0.15) is 0 Å². The Morgan fingerprint density at radius 3 is 1.13 bits per heavy atom. The minimum Gasteiger partial charge on any atom is -0.357 e. The first kappa shape index (κ1) is 29.2. The Labute approximate surface area is 96.6 Å². The number of carbonyl (C=O) groups is 2. The predicted octanol–water partition coefficient (Wildman–Crippen LogP) is 3.43. The average molecular weight is 221 g/mol. The molecule has 0 aliphatic rings. The summed E-state index contributed by atoms with van der Waals surface area (Å²) >= 11 is 0. The molecule has 0 rings (SSSR count). The van der Waals surface area contributed by atoms with Crippen LogP contribution in [0.2, 0.25) is 0 Å². The molecule has 0 unspecified atom stereocenters. The van der Waals surface area contributed by atoms with Crippen LogP contribution in [0.1, 0.15) is 62.8 Å². The molecule has 0 spiro atoms. The van der Waals surface area contributed by atoms with Gasteiger partial charge in [-0.05, 0) is 20.8 Å². The molecule has 96 valence electrons. The molecule has 3 nitrogen and oxygen atoms in total. The van der Waals surface area contributed by atoms with E-state index in [0.29, 0.717) is 0 Å². The summed E-state index contributed by atoms with van der Waals surface area (Å²) in [5.41, 5.74) is 0.